The highest BCUT2D eigenvalue weighted by atomic mass is 16.2. The fraction of sp³-hybridized carbons (Fsp3) is 0.474. The Morgan fingerprint density at radius 3 is 2.21 bits per heavy atom. The number of benzene rings is 1. The maximum absolute atomic E-state index is 12.4. The Morgan fingerprint density at radius 2 is 1.64 bits per heavy atom. The molecule has 2 fully saturated rings. The second-order valence-electron chi connectivity index (χ2n) is 7.25. The van der Waals surface area contributed by atoms with E-state index in [0.29, 0.717) is 24.2 Å². The number of hydrogen-bond donors (Lipinski definition) is 4. The van der Waals surface area contributed by atoms with Gasteiger partial charge in [-0.1, -0.05) is 19.3 Å². The Labute approximate surface area is 163 Å². The van der Waals surface area contributed by atoms with Crippen LogP contribution >= 0.6 is 0 Å². The van der Waals surface area contributed by atoms with Crippen molar-refractivity contribution in [2.45, 2.75) is 44.1 Å². The van der Waals surface area contributed by atoms with Gasteiger partial charge in [-0.2, -0.15) is 0 Å². The van der Waals surface area contributed by atoms with Gasteiger partial charge >= 0.3 is 6.03 Å². The van der Waals surface area contributed by atoms with E-state index in [2.05, 4.69) is 16.0 Å². The highest BCUT2D eigenvalue weighted by molar-refractivity contribution is 6.02. The van der Waals surface area contributed by atoms with Crippen LogP contribution in [0.1, 0.15) is 38.5 Å². The summed E-state index contributed by atoms with van der Waals surface area (Å²) < 4.78 is 0. The van der Waals surface area contributed by atoms with Gasteiger partial charge in [0.2, 0.25) is 17.7 Å². The van der Waals surface area contributed by atoms with Gasteiger partial charge in [-0.25, -0.2) is 4.79 Å². The number of rotatable bonds is 6. The lowest BCUT2D eigenvalue weighted by molar-refractivity contribution is -0.125. The quantitative estimate of drug-likeness (QED) is 0.544. The maximum atomic E-state index is 12.4. The summed E-state index contributed by atoms with van der Waals surface area (Å²) >= 11 is 0. The minimum Gasteiger partial charge on any atom is -0.329 e. The van der Waals surface area contributed by atoms with Crippen molar-refractivity contribution < 1.29 is 19.2 Å². The summed E-state index contributed by atoms with van der Waals surface area (Å²) in [5.74, 6) is -0.835. The highest BCUT2D eigenvalue weighted by Gasteiger charge is 2.35. The molecule has 1 saturated carbocycles. The lowest BCUT2D eigenvalue weighted by Gasteiger charge is -2.31. The molecule has 5 amide bonds. The van der Waals surface area contributed by atoms with Gasteiger partial charge in [0.1, 0.15) is 0 Å². The van der Waals surface area contributed by atoms with Gasteiger partial charge in [0, 0.05) is 24.3 Å². The van der Waals surface area contributed by atoms with Crippen LogP contribution in [0.15, 0.2) is 24.3 Å². The number of nitrogens with zero attached hydrogens (tertiary/aromatic N) is 1. The molecule has 150 valence electrons. The van der Waals surface area contributed by atoms with Gasteiger partial charge in [0.15, 0.2) is 0 Å². The first-order valence-corrected chi connectivity index (χ1v) is 9.46. The van der Waals surface area contributed by atoms with E-state index in [0.717, 1.165) is 24.2 Å². The van der Waals surface area contributed by atoms with E-state index in [1.807, 2.05) is 0 Å². The fourth-order valence-corrected chi connectivity index (χ4v) is 3.42. The zero-order valence-corrected chi connectivity index (χ0v) is 15.6. The molecule has 0 bridgehead atoms. The maximum Gasteiger partial charge on any atom is 0.324 e. The minimum atomic E-state index is -0.815. The third-order valence-electron chi connectivity index (χ3n) is 5.12. The highest BCUT2D eigenvalue weighted by Crippen LogP contribution is 2.27. The van der Waals surface area contributed by atoms with E-state index >= 15 is 0 Å². The Bertz CT molecular complexity index is 755. The van der Waals surface area contributed by atoms with Gasteiger partial charge in [-0.05, 0) is 37.1 Å². The number of urea groups is 1. The number of nitrogens with two attached hydrogens (primary N) is 1. The molecule has 0 aromatic heterocycles. The zero-order chi connectivity index (χ0) is 20.1. The number of hydrogen-bond acceptors (Lipinski definition) is 5. The summed E-state index contributed by atoms with van der Waals surface area (Å²) in [5, 5.41) is 7.94. The predicted octanol–water partition coefficient (Wildman–Crippen LogP) is 1.17. The van der Waals surface area contributed by atoms with Crippen LogP contribution in [0.5, 0.6) is 0 Å². The van der Waals surface area contributed by atoms with E-state index in [1.165, 1.54) is 0 Å². The van der Waals surface area contributed by atoms with Crippen molar-refractivity contribution in [3.05, 3.63) is 24.3 Å². The first-order valence-electron chi connectivity index (χ1n) is 9.46. The van der Waals surface area contributed by atoms with E-state index in [9.17, 15) is 19.2 Å². The third-order valence-corrected chi connectivity index (χ3v) is 5.12. The summed E-state index contributed by atoms with van der Waals surface area (Å²) in [5.41, 5.74) is 6.58. The average Bonchev–Trinajstić information content (AvgIpc) is 3.00. The standard InChI is InChI=1S/C19H25N5O4/c20-19(9-2-1-3-10-19)17(27)23-14-6-4-13(5-7-14)22-15(25)8-11-24-16(26)12-21-18(24)28/h4-7H,1-3,8-12,20H2,(H,21,28)(H,22,25)(H,23,27). The lowest BCUT2D eigenvalue weighted by Crippen LogP contribution is -2.52. The number of carbonyl (C=O) groups is 4. The Morgan fingerprint density at radius 1 is 1.04 bits per heavy atom. The van der Waals surface area contributed by atoms with E-state index < -0.39 is 11.6 Å². The average molecular weight is 387 g/mol. The molecule has 0 radical (unpaired) electrons. The zero-order valence-electron chi connectivity index (χ0n) is 15.6. The smallest absolute Gasteiger partial charge is 0.324 e. The van der Waals surface area contributed by atoms with E-state index in [4.69, 9.17) is 5.73 Å². The molecule has 1 aromatic carbocycles. The number of anilines is 2. The van der Waals surface area contributed by atoms with Crippen LogP contribution in [-0.2, 0) is 14.4 Å². The molecule has 1 heterocycles. The van der Waals surface area contributed by atoms with Gasteiger partial charge in [-0.15, -0.1) is 0 Å². The molecular formula is C19H25N5O4. The fourth-order valence-electron chi connectivity index (χ4n) is 3.42. The van der Waals surface area contributed by atoms with Crippen LogP contribution in [-0.4, -0.2) is 47.3 Å². The van der Waals surface area contributed by atoms with Gasteiger partial charge < -0.3 is 21.7 Å². The van der Waals surface area contributed by atoms with Crippen molar-refractivity contribution in [2.75, 3.05) is 23.7 Å². The SMILES string of the molecule is NC1(C(=O)Nc2ccc(NC(=O)CCN3C(=O)CNC3=O)cc2)CCCCC1. The van der Waals surface area contributed by atoms with E-state index in [-0.39, 0.29) is 37.2 Å². The monoisotopic (exact) mass is 387 g/mol. The van der Waals surface area contributed by atoms with Crippen molar-refractivity contribution in [2.24, 2.45) is 5.73 Å². The molecule has 0 unspecified atom stereocenters. The largest absolute Gasteiger partial charge is 0.329 e. The van der Waals surface area contributed by atoms with Crippen molar-refractivity contribution in [1.29, 1.82) is 0 Å². The summed E-state index contributed by atoms with van der Waals surface area (Å²) in [6.45, 7) is 0.000937. The number of nitrogens with one attached hydrogen (secondary N) is 3. The number of imide groups is 1. The molecule has 5 N–H and O–H groups in total. The van der Waals surface area contributed by atoms with Gasteiger partial charge in [0.25, 0.3) is 0 Å². The summed E-state index contributed by atoms with van der Waals surface area (Å²) in [6.07, 6.45) is 4.40. The van der Waals surface area contributed by atoms with Crippen LogP contribution in [0.3, 0.4) is 0 Å². The lowest BCUT2D eigenvalue weighted by atomic mass is 9.82. The molecule has 0 atom stereocenters. The van der Waals surface area contributed by atoms with Crippen molar-refractivity contribution in [3.63, 3.8) is 0 Å². The molecule has 1 saturated heterocycles. The minimum absolute atomic E-state index is 0.00728. The second kappa shape index (κ2) is 8.39. The molecule has 2 aliphatic rings. The van der Waals surface area contributed by atoms with Crippen LogP contribution in [0.4, 0.5) is 16.2 Å². The normalized spacial score (nSPS) is 18.5. The predicted molar refractivity (Wildman–Crippen MR) is 103 cm³/mol. The van der Waals surface area contributed by atoms with Crippen molar-refractivity contribution in [1.82, 2.24) is 10.2 Å². The van der Waals surface area contributed by atoms with Crippen molar-refractivity contribution >= 4 is 35.1 Å². The molecule has 1 aliphatic heterocycles. The number of amides is 5. The second-order valence-corrected chi connectivity index (χ2v) is 7.25. The molecule has 28 heavy (non-hydrogen) atoms. The molecular weight excluding hydrogens is 362 g/mol. The molecule has 9 nitrogen and oxygen atoms in total. The topological polar surface area (TPSA) is 134 Å². The van der Waals surface area contributed by atoms with Gasteiger partial charge in [-0.3, -0.25) is 19.3 Å². The van der Waals surface area contributed by atoms with Crippen LogP contribution < -0.4 is 21.7 Å². The van der Waals surface area contributed by atoms with Gasteiger partial charge in [0.05, 0.1) is 12.1 Å². The first-order chi connectivity index (χ1) is 13.4. The summed E-state index contributed by atoms with van der Waals surface area (Å²) in [7, 11) is 0. The number of carbonyl (C=O) groups excluding carboxylic acids is 4. The molecule has 1 aromatic rings. The molecule has 1 aliphatic carbocycles. The first kappa shape index (κ1) is 19.8. The Kier molecular flexibility index (Phi) is 5.93. The van der Waals surface area contributed by atoms with Crippen LogP contribution in [0, 0.1) is 0 Å². The van der Waals surface area contributed by atoms with E-state index in [1.54, 1.807) is 24.3 Å². The molecule has 0 spiro atoms. The summed E-state index contributed by atoms with van der Waals surface area (Å²) in [4.78, 5) is 48.4. The summed E-state index contributed by atoms with van der Waals surface area (Å²) in [6, 6.07) is 6.25. The van der Waals surface area contributed by atoms with Crippen molar-refractivity contribution in [3.8, 4) is 0 Å². The Hall–Kier alpha value is -2.94. The molecule has 9 heteroatoms. The van der Waals surface area contributed by atoms with Crippen LogP contribution in [0.2, 0.25) is 0 Å². The van der Waals surface area contributed by atoms with Crippen LogP contribution in [0.25, 0.3) is 0 Å². The third kappa shape index (κ3) is 4.66. The Balaban J connectivity index is 1.48. The molecule has 3 rings (SSSR count).